The van der Waals surface area contributed by atoms with E-state index in [0.717, 1.165) is 11.1 Å². The molecular weight excluding hydrogens is 256 g/mol. The van der Waals surface area contributed by atoms with Crippen LogP contribution >= 0.6 is 0 Å². The van der Waals surface area contributed by atoms with E-state index in [9.17, 15) is 5.11 Å². The highest BCUT2D eigenvalue weighted by Gasteiger charge is 2.21. The first-order valence-corrected chi connectivity index (χ1v) is 7.92. The van der Waals surface area contributed by atoms with Gasteiger partial charge in [0, 0.05) is 0 Å². The molecule has 0 saturated heterocycles. The minimum atomic E-state index is -0.523. The molecule has 3 rings (SSSR count). The maximum Gasteiger partial charge on any atom is 0.105 e. The van der Waals surface area contributed by atoms with Crippen LogP contribution in [0, 0.1) is 20.8 Å². The molecule has 1 aliphatic rings. The molecule has 0 bridgehead atoms. The molecule has 2 aromatic carbocycles. The van der Waals surface area contributed by atoms with Crippen molar-refractivity contribution < 1.29 is 5.11 Å². The molecule has 0 amide bonds. The van der Waals surface area contributed by atoms with Crippen LogP contribution in [0.4, 0.5) is 0 Å². The minimum absolute atomic E-state index is 0.523. The monoisotopic (exact) mass is 280 g/mol. The van der Waals surface area contributed by atoms with Crippen LogP contribution in [-0.4, -0.2) is 5.11 Å². The topological polar surface area (TPSA) is 20.2 Å². The molecule has 1 atom stereocenters. The highest BCUT2D eigenvalue weighted by molar-refractivity contribution is 5.44. The van der Waals surface area contributed by atoms with Crippen LogP contribution < -0.4 is 0 Å². The van der Waals surface area contributed by atoms with Crippen molar-refractivity contribution in [2.45, 2.75) is 52.1 Å². The smallest absolute Gasteiger partial charge is 0.105 e. The van der Waals surface area contributed by atoms with Crippen molar-refractivity contribution in [3.05, 3.63) is 69.8 Å². The lowest BCUT2D eigenvalue weighted by Crippen LogP contribution is -2.10. The fourth-order valence-corrected chi connectivity index (χ4v) is 3.51. The zero-order chi connectivity index (χ0) is 15.0. The lowest BCUT2D eigenvalue weighted by atomic mass is 9.79. The van der Waals surface area contributed by atoms with Gasteiger partial charge in [-0.2, -0.15) is 0 Å². The quantitative estimate of drug-likeness (QED) is 0.842. The summed E-state index contributed by atoms with van der Waals surface area (Å²) in [6, 6.07) is 12.8. The molecule has 110 valence electrons. The molecule has 2 aromatic rings. The van der Waals surface area contributed by atoms with Gasteiger partial charge in [0.1, 0.15) is 6.10 Å². The third-order valence-corrected chi connectivity index (χ3v) is 4.81. The van der Waals surface area contributed by atoms with E-state index >= 15 is 0 Å². The highest BCUT2D eigenvalue weighted by Crippen LogP contribution is 2.38. The van der Waals surface area contributed by atoms with Crippen molar-refractivity contribution in [1.82, 2.24) is 0 Å². The van der Waals surface area contributed by atoms with E-state index in [2.05, 4.69) is 51.1 Å². The number of aryl methyl sites for hydroxylation is 3. The standard InChI is InChI=1S/C20H24O/c1-13-10-14(2)19(15(3)11-13)20(21)18-9-5-8-17(12-18)16-6-4-7-16/h5,8-12,16,20-21H,4,6-7H2,1-3H3. The largest absolute Gasteiger partial charge is 0.384 e. The maximum absolute atomic E-state index is 10.8. The van der Waals surface area contributed by atoms with Gasteiger partial charge in [-0.1, -0.05) is 48.4 Å². The summed E-state index contributed by atoms with van der Waals surface area (Å²) in [5.74, 6) is 0.706. The molecule has 0 heterocycles. The third kappa shape index (κ3) is 2.75. The van der Waals surface area contributed by atoms with Gasteiger partial charge in [-0.3, -0.25) is 0 Å². The summed E-state index contributed by atoms with van der Waals surface area (Å²) in [7, 11) is 0. The zero-order valence-corrected chi connectivity index (χ0v) is 13.2. The average molecular weight is 280 g/mol. The summed E-state index contributed by atoms with van der Waals surface area (Å²) in [6.07, 6.45) is 3.41. The Morgan fingerprint density at radius 2 is 1.67 bits per heavy atom. The molecule has 21 heavy (non-hydrogen) atoms. The van der Waals surface area contributed by atoms with Crippen LogP contribution in [0.25, 0.3) is 0 Å². The Labute approximate surface area is 127 Å². The van der Waals surface area contributed by atoms with Crippen LogP contribution in [0.2, 0.25) is 0 Å². The Balaban J connectivity index is 1.96. The second-order valence-electron chi connectivity index (χ2n) is 6.51. The first-order chi connectivity index (χ1) is 10.1. The summed E-state index contributed by atoms with van der Waals surface area (Å²) in [5, 5.41) is 10.8. The van der Waals surface area contributed by atoms with Crippen molar-refractivity contribution in [1.29, 1.82) is 0 Å². The Hall–Kier alpha value is -1.60. The van der Waals surface area contributed by atoms with Crippen molar-refractivity contribution in [2.75, 3.05) is 0 Å². The minimum Gasteiger partial charge on any atom is -0.384 e. The highest BCUT2D eigenvalue weighted by atomic mass is 16.3. The fourth-order valence-electron chi connectivity index (χ4n) is 3.51. The molecule has 1 nitrogen and oxygen atoms in total. The van der Waals surface area contributed by atoms with Gasteiger partial charge in [-0.05, 0) is 67.3 Å². The third-order valence-electron chi connectivity index (χ3n) is 4.81. The van der Waals surface area contributed by atoms with E-state index in [0.29, 0.717) is 5.92 Å². The van der Waals surface area contributed by atoms with Gasteiger partial charge in [0.15, 0.2) is 0 Å². The van der Waals surface area contributed by atoms with Crippen molar-refractivity contribution >= 4 is 0 Å². The first-order valence-electron chi connectivity index (χ1n) is 7.92. The van der Waals surface area contributed by atoms with E-state index in [4.69, 9.17) is 0 Å². The van der Waals surface area contributed by atoms with Crippen LogP contribution in [0.3, 0.4) is 0 Å². The van der Waals surface area contributed by atoms with E-state index in [-0.39, 0.29) is 0 Å². The van der Waals surface area contributed by atoms with Crippen LogP contribution in [0.1, 0.15) is 64.7 Å². The molecule has 1 unspecified atom stereocenters. The Bertz CT molecular complexity index is 630. The van der Waals surface area contributed by atoms with E-state index in [1.165, 1.54) is 41.5 Å². The van der Waals surface area contributed by atoms with Crippen LogP contribution in [0.5, 0.6) is 0 Å². The van der Waals surface area contributed by atoms with Gasteiger partial charge in [0.2, 0.25) is 0 Å². The lowest BCUT2D eigenvalue weighted by molar-refractivity contribution is 0.218. The van der Waals surface area contributed by atoms with E-state index in [1.54, 1.807) is 0 Å². The second-order valence-corrected chi connectivity index (χ2v) is 6.51. The molecular formula is C20H24O. The van der Waals surface area contributed by atoms with Gasteiger partial charge in [-0.25, -0.2) is 0 Å². The maximum atomic E-state index is 10.8. The molecule has 1 aliphatic carbocycles. The molecule has 0 radical (unpaired) electrons. The average Bonchev–Trinajstić information content (AvgIpc) is 2.35. The number of aliphatic hydroxyl groups is 1. The predicted octanol–water partition coefficient (Wildman–Crippen LogP) is 4.96. The van der Waals surface area contributed by atoms with Crippen molar-refractivity contribution in [2.24, 2.45) is 0 Å². The Kier molecular flexibility index (Phi) is 3.86. The van der Waals surface area contributed by atoms with E-state index < -0.39 is 6.10 Å². The predicted molar refractivity (Wildman–Crippen MR) is 87.7 cm³/mol. The van der Waals surface area contributed by atoms with Gasteiger partial charge >= 0.3 is 0 Å². The zero-order valence-electron chi connectivity index (χ0n) is 13.2. The van der Waals surface area contributed by atoms with Gasteiger partial charge in [0.25, 0.3) is 0 Å². The SMILES string of the molecule is Cc1cc(C)c(C(O)c2cccc(C3CCC3)c2)c(C)c1. The van der Waals surface area contributed by atoms with Crippen LogP contribution in [0.15, 0.2) is 36.4 Å². The number of hydrogen-bond acceptors (Lipinski definition) is 1. The molecule has 0 aliphatic heterocycles. The molecule has 1 saturated carbocycles. The van der Waals surface area contributed by atoms with E-state index in [1.807, 2.05) is 6.07 Å². The molecule has 1 fully saturated rings. The lowest BCUT2D eigenvalue weighted by Gasteiger charge is -2.27. The first kappa shape index (κ1) is 14.3. The number of hydrogen-bond donors (Lipinski definition) is 1. The molecule has 1 heteroatoms. The summed E-state index contributed by atoms with van der Waals surface area (Å²) < 4.78 is 0. The summed E-state index contributed by atoms with van der Waals surface area (Å²) in [5.41, 5.74) is 7.08. The van der Waals surface area contributed by atoms with Crippen molar-refractivity contribution in [3.63, 3.8) is 0 Å². The molecule has 1 N–H and O–H groups in total. The Morgan fingerprint density at radius 1 is 1.00 bits per heavy atom. The number of benzene rings is 2. The van der Waals surface area contributed by atoms with Crippen LogP contribution in [-0.2, 0) is 0 Å². The van der Waals surface area contributed by atoms with Crippen molar-refractivity contribution in [3.8, 4) is 0 Å². The number of rotatable bonds is 3. The molecule has 0 aromatic heterocycles. The van der Waals surface area contributed by atoms with Gasteiger partial charge in [-0.15, -0.1) is 0 Å². The van der Waals surface area contributed by atoms with Gasteiger partial charge < -0.3 is 5.11 Å². The number of aliphatic hydroxyl groups excluding tert-OH is 1. The summed E-state index contributed by atoms with van der Waals surface area (Å²) in [6.45, 7) is 6.29. The Morgan fingerprint density at radius 3 is 2.24 bits per heavy atom. The fraction of sp³-hybridized carbons (Fsp3) is 0.400. The molecule has 0 spiro atoms. The normalized spacial score (nSPS) is 16.6. The van der Waals surface area contributed by atoms with Gasteiger partial charge in [0.05, 0.1) is 0 Å². The summed E-state index contributed by atoms with van der Waals surface area (Å²) in [4.78, 5) is 0. The second kappa shape index (κ2) is 5.65. The summed E-state index contributed by atoms with van der Waals surface area (Å²) >= 11 is 0.